The molecule has 1 aromatic rings. The molecule has 17 heavy (non-hydrogen) atoms. The maximum absolute atomic E-state index is 4.08. The number of aromatic nitrogens is 1. The number of rotatable bonds is 4. The minimum absolute atomic E-state index is 0.476. The Balaban J connectivity index is 1.91. The zero-order chi connectivity index (χ0) is 12.1. The van der Waals surface area contributed by atoms with E-state index in [0.717, 1.165) is 5.92 Å². The van der Waals surface area contributed by atoms with Gasteiger partial charge in [-0.15, -0.1) is 0 Å². The van der Waals surface area contributed by atoms with Crippen LogP contribution in [0.15, 0.2) is 36.7 Å². The van der Waals surface area contributed by atoms with E-state index in [1.54, 1.807) is 0 Å². The summed E-state index contributed by atoms with van der Waals surface area (Å²) in [5.41, 5.74) is 1.36. The molecule has 1 heterocycles. The quantitative estimate of drug-likeness (QED) is 0.737. The van der Waals surface area contributed by atoms with Crippen LogP contribution in [0.1, 0.15) is 37.8 Å². The summed E-state index contributed by atoms with van der Waals surface area (Å²) in [4.78, 5) is 6.53. The first-order chi connectivity index (χ1) is 8.27. The zero-order valence-electron chi connectivity index (χ0n) is 10.8. The van der Waals surface area contributed by atoms with Crippen molar-refractivity contribution < 1.29 is 0 Å². The number of pyridine rings is 1. The summed E-state index contributed by atoms with van der Waals surface area (Å²) < 4.78 is 0. The van der Waals surface area contributed by atoms with Crippen LogP contribution in [0.3, 0.4) is 0 Å². The van der Waals surface area contributed by atoms with Crippen molar-refractivity contribution in [3.05, 3.63) is 42.2 Å². The van der Waals surface area contributed by atoms with Crippen molar-refractivity contribution in [1.82, 2.24) is 9.88 Å². The smallest absolute Gasteiger partial charge is 0.0318 e. The molecule has 2 heteroatoms. The number of nitrogens with zero attached hydrogens (tertiary/aromatic N) is 2. The van der Waals surface area contributed by atoms with Crippen LogP contribution in [0.2, 0.25) is 0 Å². The maximum Gasteiger partial charge on any atom is 0.0318 e. The lowest BCUT2D eigenvalue weighted by Gasteiger charge is -2.29. The Bertz CT molecular complexity index is 358. The van der Waals surface area contributed by atoms with Gasteiger partial charge in [0.1, 0.15) is 0 Å². The number of hydrogen-bond acceptors (Lipinski definition) is 2. The molecular weight excluding hydrogens is 208 g/mol. The van der Waals surface area contributed by atoms with E-state index in [1.165, 1.54) is 31.4 Å². The second-order valence-corrected chi connectivity index (χ2v) is 5.05. The summed E-state index contributed by atoms with van der Waals surface area (Å²) in [6.07, 6.45) is 12.2. The molecule has 0 aromatic carbocycles. The summed E-state index contributed by atoms with van der Waals surface area (Å²) in [5.74, 6) is 0.828. The molecule has 2 atom stereocenters. The zero-order valence-corrected chi connectivity index (χ0v) is 10.8. The predicted octanol–water partition coefficient (Wildman–Crippen LogP) is 3.43. The third-order valence-corrected chi connectivity index (χ3v) is 3.77. The van der Waals surface area contributed by atoms with E-state index in [2.05, 4.69) is 48.1 Å². The average molecular weight is 230 g/mol. The third-order valence-electron chi connectivity index (χ3n) is 3.77. The highest BCUT2D eigenvalue weighted by Crippen LogP contribution is 2.23. The average Bonchev–Trinajstić information content (AvgIpc) is 2.40. The van der Waals surface area contributed by atoms with Crippen LogP contribution >= 0.6 is 0 Å². The number of allylic oxidation sites excluding steroid dienone is 2. The maximum atomic E-state index is 4.08. The van der Waals surface area contributed by atoms with Crippen molar-refractivity contribution >= 4 is 0 Å². The molecule has 0 radical (unpaired) electrons. The van der Waals surface area contributed by atoms with Crippen LogP contribution in [0.5, 0.6) is 0 Å². The minimum atomic E-state index is 0.476. The number of hydrogen-bond donors (Lipinski definition) is 0. The highest BCUT2D eigenvalue weighted by molar-refractivity contribution is 5.14. The van der Waals surface area contributed by atoms with Crippen LogP contribution < -0.4 is 0 Å². The summed E-state index contributed by atoms with van der Waals surface area (Å²) in [6, 6.07) is 4.70. The molecule has 0 bridgehead atoms. The first-order valence-electron chi connectivity index (χ1n) is 6.52. The van der Waals surface area contributed by atoms with Gasteiger partial charge in [0.2, 0.25) is 0 Å². The Labute approximate surface area is 104 Å². The van der Waals surface area contributed by atoms with E-state index in [-0.39, 0.29) is 0 Å². The van der Waals surface area contributed by atoms with Crippen molar-refractivity contribution in [2.45, 2.75) is 32.2 Å². The van der Waals surface area contributed by atoms with Gasteiger partial charge in [0.25, 0.3) is 0 Å². The van der Waals surface area contributed by atoms with Gasteiger partial charge in [-0.2, -0.15) is 0 Å². The SMILES string of the molecule is CC(c1ccncc1)N(C)CC1CC=CCC1. The van der Waals surface area contributed by atoms with Gasteiger partial charge in [-0.3, -0.25) is 9.88 Å². The highest BCUT2D eigenvalue weighted by atomic mass is 15.1. The van der Waals surface area contributed by atoms with Gasteiger partial charge in [0.05, 0.1) is 0 Å². The monoisotopic (exact) mass is 230 g/mol. The van der Waals surface area contributed by atoms with Crippen LogP contribution in [0.25, 0.3) is 0 Å². The van der Waals surface area contributed by atoms with Crippen molar-refractivity contribution in [3.63, 3.8) is 0 Å². The Morgan fingerprint density at radius 3 is 2.76 bits per heavy atom. The molecule has 0 saturated carbocycles. The van der Waals surface area contributed by atoms with Crippen LogP contribution in [0, 0.1) is 5.92 Å². The topological polar surface area (TPSA) is 16.1 Å². The van der Waals surface area contributed by atoms with Crippen molar-refractivity contribution in [2.75, 3.05) is 13.6 Å². The summed E-state index contributed by atoms with van der Waals surface area (Å²) >= 11 is 0. The molecule has 1 aliphatic carbocycles. The lowest BCUT2D eigenvalue weighted by Crippen LogP contribution is -2.29. The Kier molecular flexibility index (Phi) is 4.32. The fourth-order valence-corrected chi connectivity index (χ4v) is 2.48. The fourth-order valence-electron chi connectivity index (χ4n) is 2.48. The predicted molar refractivity (Wildman–Crippen MR) is 71.8 cm³/mol. The van der Waals surface area contributed by atoms with Gasteiger partial charge in [0, 0.05) is 25.0 Å². The standard InChI is InChI=1S/C15H22N2/c1-13(15-8-10-16-11-9-15)17(2)12-14-6-4-3-5-7-14/h3-4,8-11,13-14H,5-7,12H2,1-2H3. The molecule has 0 N–H and O–H groups in total. The van der Waals surface area contributed by atoms with Crippen LogP contribution in [0.4, 0.5) is 0 Å². The molecule has 0 fully saturated rings. The molecule has 0 saturated heterocycles. The molecule has 2 unspecified atom stereocenters. The van der Waals surface area contributed by atoms with E-state index in [9.17, 15) is 0 Å². The van der Waals surface area contributed by atoms with Crippen molar-refractivity contribution in [1.29, 1.82) is 0 Å². The second kappa shape index (κ2) is 5.97. The summed E-state index contributed by atoms with van der Waals surface area (Å²) in [7, 11) is 2.23. The van der Waals surface area contributed by atoms with E-state index in [1.807, 2.05) is 12.4 Å². The van der Waals surface area contributed by atoms with Crippen molar-refractivity contribution in [3.8, 4) is 0 Å². The van der Waals surface area contributed by atoms with Gasteiger partial charge >= 0.3 is 0 Å². The van der Waals surface area contributed by atoms with Crippen LogP contribution in [-0.4, -0.2) is 23.5 Å². The Morgan fingerprint density at radius 1 is 1.35 bits per heavy atom. The summed E-state index contributed by atoms with van der Waals surface area (Å²) in [6.45, 7) is 3.46. The van der Waals surface area contributed by atoms with E-state index in [0.29, 0.717) is 6.04 Å². The van der Waals surface area contributed by atoms with Gasteiger partial charge in [-0.25, -0.2) is 0 Å². The molecule has 2 nitrogen and oxygen atoms in total. The second-order valence-electron chi connectivity index (χ2n) is 5.05. The minimum Gasteiger partial charge on any atom is -0.299 e. The van der Waals surface area contributed by atoms with Gasteiger partial charge in [-0.05, 0) is 56.8 Å². The third kappa shape index (κ3) is 3.40. The first kappa shape index (κ1) is 12.3. The Hall–Kier alpha value is -1.15. The Morgan fingerprint density at radius 2 is 2.12 bits per heavy atom. The van der Waals surface area contributed by atoms with E-state index < -0.39 is 0 Å². The molecule has 1 aliphatic rings. The first-order valence-corrected chi connectivity index (χ1v) is 6.52. The normalized spacial score (nSPS) is 21.7. The van der Waals surface area contributed by atoms with E-state index in [4.69, 9.17) is 0 Å². The highest BCUT2D eigenvalue weighted by Gasteiger charge is 2.17. The molecule has 2 rings (SSSR count). The van der Waals surface area contributed by atoms with Crippen molar-refractivity contribution in [2.24, 2.45) is 5.92 Å². The van der Waals surface area contributed by atoms with Gasteiger partial charge in [0.15, 0.2) is 0 Å². The molecule has 0 amide bonds. The molecule has 1 aromatic heterocycles. The van der Waals surface area contributed by atoms with E-state index >= 15 is 0 Å². The molecule has 92 valence electrons. The summed E-state index contributed by atoms with van der Waals surface area (Å²) in [5, 5.41) is 0. The largest absolute Gasteiger partial charge is 0.299 e. The van der Waals surface area contributed by atoms with Gasteiger partial charge < -0.3 is 0 Å². The van der Waals surface area contributed by atoms with Gasteiger partial charge in [-0.1, -0.05) is 12.2 Å². The lowest BCUT2D eigenvalue weighted by molar-refractivity contribution is 0.212. The molecule has 0 aliphatic heterocycles. The van der Waals surface area contributed by atoms with Crippen LogP contribution in [-0.2, 0) is 0 Å². The molecular formula is C15H22N2. The fraction of sp³-hybridized carbons (Fsp3) is 0.533. The molecule has 0 spiro atoms. The lowest BCUT2D eigenvalue weighted by atomic mass is 9.93.